The summed E-state index contributed by atoms with van der Waals surface area (Å²) in [6.45, 7) is 1.47. The van der Waals surface area contributed by atoms with E-state index in [1.165, 1.54) is 7.11 Å². The summed E-state index contributed by atoms with van der Waals surface area (Å²) in [6.07, 6.45) is -0.145. The molecule has 1 aromatic heterocycles. The number of hydrogen-bond donors (Lipinski definition) is 1. The molecule has 4 rings (SSSR count). The zero-order valence-corrected chi connectivity index (χ0v) is 20.8. The van der Waals surface area contributed by atoms with Crippen LogP contribution in [-0.2, 0) is 28.1 Å². The number of amides is 1. The van der Waals surface area contributed by atoms with Gasteiger partial charge in [0.25, 0.3) is 11.0 Å². The highest BCUT2D eigenvalue weighted by molar-refractivity contribution is 6.30. The number of carbonyl (C=O) groups excluding carboxylic acids is 1. The molecule has 2 aromatic carbocycles. The summed E-state index contributed by atoms with van der Waals surface area (Å²) >= 11 is 6.01. The van der Waals surface area contributed by atoms with Crippen LogP contribution in [-0.4, -0.2) is 40.2 Å². The number of carboxylic acids is 1. The molecule has 0 bridgehead atoms. The number of pyridine rings is 1. The molecule has 1 aliphatic rings. The molecular weight excluding hydrogens is 502 g/mol. The molecule has 0 fully saturated rings. The molecule has 2 heterocycles. The Bertz CT molecular complexity index is 1350. The highest BCUT2D eigenvalue weighted by atomic mass is 35.5. The molecule has 0 saturated heterocycles. The van der Waals surface area contributed by atoms with Gasteiger partial charge in [-0.05, 0) is 67.1 Å². The van der Waals surface area contributed by atoms with Crippen LogP contribution in [0.15, 0.2) is 60.7 Å². The number of methoxy groups -OCH3 is 1. The molecule has 1 aliphatic heterocycles. The van der Waals surface area contributed by atoms with Crippen molar-refractivity contribution in [3.8, 4) is 5.75 Å². The Morgan fingerprint density at radius 1 is 1.16 bits per heavy atom. The number of fused-ring (bicyclic) bond motifs is 1. The predicted molar refractivity (Wildman–Crippen MR) is 134 cm³/mol. The SMILES string of the molecule is COc1ccc2c(c1)C(CC(=O)O)(Cc1cccc(CO[N+](=O)[O-])n1)C(C)N2C(=O)c1ccc(Cl)cc1. The molecule has 3 aromatic rings. The van der Waals surface area contributed by atoms with E-state index < -0.39 is 22.5 Å². The van der Waals surface area contributed by atoms with E-state index in [4.69, 9.17) is 16.3 Å². The number of aliphatic carboxylic acids is 1. The fourth-order valence-electron chi connectivity index (χ4n) is 4.92. The summed E-state index contributed by atoms with van der Waals surface area (Å²) in [6, 6.07) is 16.1. The quantitative estimate of drug-likeness (QED) is 0.320. The number of hydrogen-bond acceptors (Lipinski definition) is 7. The maximum atomic E-state index is 13.7. The Kier molecular flexibility index (Phi) is 7.30. The standard InChI is InChI=1S/C26H24ClN3O7/c1-16-26(14-24(31)32,13-19-4-3-5-20(28-19)15-37-30(34)35)22-12-21(36-2)10-11-23(22)29(16)25(33)17-6-8-18(27)9-7-17/h3-12,16H,13-15H2,1-2H3,(H,31,32). The Hall–Kier alpha value is -4.18. The van der Waals surface area contributed by atoms with Crippen LogP contribution in [0.2, 0.25) is 5.02 Å². The minimum absolute atomic E-state index is 0.150. The van der Waals surface area contributed by atoms with Crippen LogP contribution in [0, 0.1) is 10.1 Å². The molecule has 192 valence electrons. The van der Waals surface area contributed by atoms with Crippen molar-refractivity contribution in [2.75, 3.05) is 12.0 Å². The average Bonchev–Trinajstić information content (AvgIpc) is 3.09. The van der Waals surface area contributed by atoms with E-state index in [-0.39, 0.29) is 25.4 Å². The Balaban J connectivity index is 1.83. The summed E-state index contributed by atoms with van der Waals surface area (Å²) in [5.41, 5.74) is 1.37. The van der Waals surface area contributed by atoms with Gasteiger partial charge in [-0.25, -0.2) is 0 Å². The van der Waals surface area contributed by atoms with Crippen molar-refractivity contribution in [3.63, 3.8) is 0 Å². The van der Waals surface area contributed by atoms with E-state index in [0.717, 1.165) is 0 Å². The van der Waals surface area contributed by atoms with Crippen LogP contribution < -0.4 is 9.64 Å². The molecule has 0 saturated carbocycles. The Labute approximate surface area is 217 Å². The normalized spacial score (nSPS) is 18.2. The minimum Gasteiger partial charge on any atom is -0.497 e. The smallest absolute Gasteiger partial charge is 0.304 e. The Morgan fingerprint density at radius 2 is 1.86 bits per heavy atom. The van der Waals surface area contributed by atoms with Gasteiger partial charge in [-0.2, -0.15) is 0 Å². The molecule has 11 heteroatoms. The number of ether oxygens (including phenoxy) is 1. The van der Waals surface area contributed by atoms with E-state index in [2.05, 4.69) is 9.82 Å². The third-order valence-electron chi connectivity index (χ3n) is 6.64. The van der Waals surface area contributed by atoms with Crippen LogP contribution >= 0.6 is 11.6 Å². The zero-order chi connectivity index (χ0) is 26.7. The van der Waals surface area contributed by atoms with Gasteiger partial charge in [0.05, 0.1) is 19.2 Å². The molecule has 2 atom stereocenters. The van der Waals surface area contributed by atoms with Gasteiger partial charge in [0.1, 0.15) is 12.4 Å². The van der Waals surface area contributed by atoms with Crippen molar-refractivity contribution < 1.29 is 29.4 Å². The van der Waals surface area contributed by atoms with Crippen molar-refractivity contribution >= 4 is 29.2 Å². The molecule has 2 unspecified atom stereocenters. The second-order valence-electron chi connectivity index (χ2n) is 8.76. The van der Waals surface area contributed by atoms with Crippen molar-refractivity contribution in [1.82, 2.24) is 4.98 Å². The van der Waals surface area contributed by atoms with E-state index in [1.807, 2.05) is 6.92 Å². The average molecular weight is 526 g/mol. The van der Waals surface area contributed by atoms with Crippen molar-refractivity contribution in [2.24, 2.45) is 0 Å². The highest BCUT2D eigenvalue weighted by Gasteiger charge is 2.52. The molecule has 37 heavy (non-hydrogen) atoms. The first kappa shape index (κ1) is 25.9. The first-order valence-corrected chi connectivity index (χ1v) is 11.7. The van der Waals surface area contributed by atoms with Gasteiger partial charge in [0.2, 0.25) is 0 Å². The predicted octanol–water partition coefficient (Wildman–Crippen LogP) is 4.46. The van der Waals surface area contributed by atoms with Crippen molar-refractivity contribution in [2.45, 2.75) is 37.8 Å². The van der Waals surface area contributed by atoms with Gasteiger partial charge in [-0.3, -0.25) is 14.6 Å². The second-order valence-corrected chi connectivity index (χ2v) is 9.20. The zero-order valence-electron chi connectivity index (χ0n) is 20.1. The maximum Gasteiger partial charge on any atom is 0.304 e. The number of carboxylic acid groups (broad SMARTS) is 1. The van der Waals surface area contributed by atoms with E-state index >= 15 is 0 Å². The fraction of sp³-hybridized carbons (Fsp3) is 0.269. The van der Waals surface area contributed by atoms with E-state index in [9.17, 15) is 24.8 Å². The van der Waals surface area contributed by atoms with Crippen LogP contribution in [0.3, 0.4) is 0 Å². The molecule has 1 N–H and O–H groups in total. The largest absolute Gasteiger partial charge is 0.497 e. The summed E-state index contributed by atoms with van der Waals surface area (Å²) < 4.78 is 5.43. The summed E-state index contributed by atoms with van der Waals surface area (Å²) in [5, 5.41) is 20.2. The first-order chi connectivity index (χ1) is 17.6. The second kappa shape index (κ2) is 10.4. The van der Waals surface area contributed by atoms with Gasteiger partial charge in [0.15, 0.2) is 0 Å². The highest BCUT2D eigenvalue weighted by Crippen LogP contribution is 2.51. The first-order valence-electron chi connectivity index (χ1n) is 11.4. The number of halogens is 1. The van der Waals surface area contributed by atoms with Gasteiger partial charge >= 0.3 is 5.97 Å². The lowest BCUT2D eigenvalue weighted by atomic mass is 9.71. The van der Waals surface area contributed by atoms with Crippen molar-refractivity contribution in [3.05, 3.63) is 98.3 Å². The third-order valence-corrected chi connectivity index (χ3v) is 6.89. The van der Waals surface area contributed by atoms with Crippen LogP contribution in [0.5, 0.6) is 5.75 Å². The van der Waals surface area contributed by atoms with E-state index in [1.54, 1.807) is 65.6 Å². The lowest BCUT2D eigenvalue weighted by Gasteiger charge is -2.35. The third kappa shape index (κ3) is 5.19. The van der Waals surface area contributed by atoms with Crippen molar-refractivity contribution in [1.29, 1.82) is 0 Å². The minimum atomic E-state index is -1.08. The number of aromatic nitrogens is 1. The fourth-order valence-corrected chi connectivity index (χ4v) is 5.04. The van der Waals surface area contributed by atoms with Gasteiger partial charge < -0.3 is 19.6 Å². The summed E-state index contributed by atoms with van der Waals surface area (Å²) in [4.78, 5) is 47.1. The maximum absolute atomic E-state index is 13.7. The Morgan fingerprint density at radius 3 is 2.51 bits per heavy atom. The number of rotatable bonds is 9. The monoisotopic (exact) mass is 525 g/mol. The lowest BCUT2D eigenvalue weighted by molar-refractivity contribution is -0.763. The van der Waals surface area contributed by atoms with Gasteiger partial charge in [-0.15, -0.1) is 10.1 Å². The lowest BCUT2D eigenvalue weighted by Crippen LogP contribution is -2.48. The molecule has 0 spiro atoms. The van der Waals surface area contributed by atoms with Gasteiger partial charge in [0, 0.05) is 39.8 Å². The van der Waals surface area contributed by atoms with Crippen LogP contribution in [0.25, 0.3) is 0 Å². The van der Waals surface area contributed by atoms with Crippen LogP contribution in [0.4, 0.5) is 5.69 Å². The summed E-state index contributed by atoms with van der Waals surface area (Å²) in [7, 11) is 1.51. The molecule has 1 amide bonds. The molecule has 0 radical (unpaired) electrons. The number of carbonyl (C=O) groups is 2. The molecular formula is C26H24ClN3O7. The topological polar surface area (TPSA) is 132 Å². The molecule has 0 aliphatic carbocycles. The number of benzene rings is 2. The summed E-state index contributed by atoms with van der Waals surface area (Å²) in [5.74, 6) is -0.833. The molecule has 10 nitrogen and oxygen atoms in total. The van der Waals surface area contributed by atoms with E-state index in [0.29, 0.717) is 39.0 Å². The number of anilines is 1. The van der Waals surface area contributed by atoms with Crippen LogP contribution in [0.1, 0.15) is 40.7 Å². The number of nitrogens with zero attached hydrogens (tertiary/aromatic N) is 3. The van der Waals surface area contributed by atoms with Gasteiger partial charge in [-0.1, -0.05) is 17.7 Å².